The Labute approximate surface area is 289 Å². The Hall–Kier alpha value is -4.09. The monoisotopic (exact) mass is 696 g/mol. The zero-order valence-corrected chi connectivity index (χ0v) is 29.3. The lowest BCUT2D eigenvalue weighted by Crippen LogP contribution is -2.65. The number of aryl methyl sites for hydroxylation is 2. The Kier molecular flexibility index (Phi) is 11.0. The Morgan fingerprint density at radius 1 is 1.06 bits per heavy atom. The van der Waals surface area contributed by atoms with E-state index in [0.29, 0.717) is 40.1 Å². The van der Waals surface area contributed by atoms with E-state index in [1.54, 1.807) is 13.0 Å². The lowest BCUT2D eigenvalue weighted by atomic mass is 9.78. The van der Waals surface area contributed by atoms with Crippen LogP contribution in [0.5, 0.6) is 0 Å². The second-order valence-electron chi connectivity index (χ2n) is 12.7. The molecule has 48 heavy (non-hydrogen) atoms. The first-order valence-corrected chi connectivity index (χ1v) is 17.1. The van der Waals surface area contributed by atoms with Crippen molar-refractivity contribution in [1.82, 2.24) is 31.1 Å². The Bertz CT molecular complexity index is 1780. The molecule has 0 radical (unpaired) electrons. The molecular formula is C35H42Cl2N6O5. The number of halogens is 2. The van der Waals surface area contributed by atoms with Crippen LogP contribution in [0.1, 0.15) is 81.5 Å². The number of H-pyrrole nitrogens is 1. The van der Waals surface area contributed by atoms with Gasteiger partial charge in [0.25, 0.3) is 0 Å². The first-order chi connectivity index (χ1) is 22.9. The average molecular weight is 698 g/mol. The number of alkyl carbamates (subject to hydrolysis) is 1. The quantitative estimate of drug-likeness (QED) is 0.128. The molecule has 256 valence electrons. The summed E-state index contributed by atoms with van der Waals surface area (Å²) in [5.41, 5.74) is 1.87. The van der Waals surface area contributed by atoms with E-state index < -0.39 is 35.5 Å². The normalized spacial score (nSPS) is 18.3. The van der Waals surface area contributed by atoms with Crippen LogP contribution in [-0.2, 0) is 33.8 Å². The molecule has 13 heteroatoms. The van der Waals surface area contributed by atoms with E-state index in [1.807, 2.05) is 64.1 Å². The van der Waals surface area contributed by atoms with Gasteiger partial charge < -0.3 is 30.2 Å². The highest BCUT2D eigenvalue weighted by Gasteiger charge is 2.47. The zero-order valence-electron chi connectivity index (χ0n) is 27.8. The van der Waals surface area contributed by atoms with E-state index >= 15 is 0 Å². The molecule has 0 bridgehead atoms. The molecule has 3 amide bonds. The molecule has 2 aromatic carbocycles. The molecule has 4 aromatic rings. The van der Waals surface area contributed by atoms with Crippen molar-refractivity contribution in [1.29, 1.82) is 0 Å². The summed E-state index contributed by atoms with van der Waals surface area (Å²) in [7, 11) is 0. The lowest BCUT2D eigenvalue weighted by Gasteiger charge is -2.39. The van der Waals surface area contributed by atoms with Gasteiger partial charge in [-0.1, -0.05) is 99.2 Å². The molecule has 0 saturated carbocycles. The summed E-state index contributed by atoms with van der Waals surface area (Å²) in [6.07, 6.45) is 1.45. The summed E-state index contributed by atoms with van der Waals surface area (Å²) < 4.78 is 11.0. The second-order valence-corrected chi connectivity index (χ2v) is 13.6. The largest absolute Gasteiger partial charge is 0.445 e. The highest BCUT2D eigenvalue weighted by Crippen LogP contribution is 2.39. The van der Waals surface area contributed by atoms with Gasteiger partial charge in [0.05, 0.1) is 10.5 Å². The second kappa shape index (κ2) is 15.0. The summed E-state index contributed by atoms with van der Waals surface area (Å²) in [4.78, 5) is 49.6. The van der Waals surface area contributed by atoms with Crippen LogP contribution >= 0.6 is 23.2 Å². The molecule has 0 fully saturated rings. The lowest BCUT2D eigenvalue weighted by molar-refractivity contribution is -0.136. The van der Waals surface area contributed by atoms with Crippen LogP contribution in [0.15, 0.2) is 47.0 Å². The van der Waals surface area contributed by atoms with Crippen LogP contribution in [0.25, 0.3) is 10.9 Å². The van der Waals surface area contributed by atoms with Gasteiger partial charge in [0.2, 0.25) is 17.7 Å². The van der Waals surface area contributed by atoms with Gasteiger partial charge in [-0.3, -0.25) is 9.59 Å². The number of fused-ring (bicyclic) bond motifs is 3. The third-order valence-electron chi connectivity index (χ3n) is 9.39. The van der Waals surface area contributed by atoms with E-state index in [0.717, 1.165) is 28.6 Å². The van der Waals surface area contributed by atoms with Gasteiger partial charge in [0, 0.05) is 22.5 Å². The van der Waals surface area contributed by atoms with E-state index in [4.69, 9.17) is 32.5 Å². The highest BCUT2D eigenvalue weighted by molar-refractivity contribution is 6.38. The molecule has 4 N–H and O–H groups in total. The third kappa shape index (κ3) is 7.63. The molecule has 1 aliphatic rings. The predicted octanol–water partition coefficient (Wildman–Crippen LogP) is 6.75. The molecule has 0 aliphatic heterocycles. The Morgan fingerprint density at radius 2 is 1.79 bits per heavy atom. The van der Waals surface area contributed by atoms with Gasteiger partial charge >= 0.3 is 6.09 Å². The van der Waals surface area contributed by atoms with Crippen LogP contribution in [0.3, 0.4) is 0 Å². The fourth-order valence-corrected chi connectivity index (χ4v) is 6.68. The number of nitrogens with one attached hydrogen (secondary N) is 4. The van der Waals surface area contributed by atoms with Crippen molar-refractivity contribution in [2.75, 3.05) is 0 Å². The van der Waals surface area contributed by atoms with Crippen LogP contribution in [-0.4, -0.2) is 44.6 Å². The fraction of sp³-hybridized carbons (Fsp3) is 0.457. The molecule has 0 saturated heterocycles. The molecule has 5 atom stereocenters. The number of carbonyl (C=O) groups excluding carboxylic acids is 3. The van der Waals surface area contributed by atoms with Crippen molar-refractivity contribution in [2.24, 2.45) is 11.8 Å². The van der Waals surface area contributed by atoms with Gasteiger partial charge in [0.1, 0.15) is 24.2 Å². The predicted molar refractivity (Wildman–Crippen MR) is 184 cm³/mol. The zero-order chi connectivity index (χ0) is 34.6. The maximum atomic E-state index is 14.6. The van der Waals surface area contributed by atoms with Crippen molar-refractivity contribution in [3.8, 4) is 0 Å². The molecule has 2 heterocycles. The van der Waals surface area contributed by atoms with Crippen molar-refractivity contribution in [2.45, 2.75) is 91.0 Å². The number of hydrogen-bond donors (Lipinski definition) is 4. The van der Waals surface area contributed by atoms with Crippen LogP contribution < -0.4 is 16.0 Å². The van der Waals surface area contributed by atoms with Crippen LogP contribution in [0, 0.1) is 18.8 Å². The number of benzene rings is 2. The topological polar surface area (TPSA) is 151 Å². The Morgan fingerprint density at radius 3 is 2.46 bits per heavy atom. The number of carbonyl (C=O) groups is 3. The molecule has 5 rings (SSSR count). The molecule has 0 spiro atoms. The summed E-state index contributed by atoms with van der Waals surface area (Å²) in [5.74, 6) is -0.482. The van der Waals surface area contributed by atoms with E-state index in [9.17, 15) is 14.4 Å². The number of ether oxygens (including phenoxy) is 1. The minimum absolute atomic E-state index is 0.0501. The van der Waals surface area contributed by atoms with Gasteiger partial charge in [-0.05, 0) is 54.9 Å². The molecule has 11 nitrogen and oxygen atoms in total. The SMILES string of the molecule is CCC(C)C(NC(=O)OCc1ccccc1)C(=O)N[C@@]1(C(=O)NC(c2nc(C)no2)C(C)CC)CCc2[nH]c3c(Cl)cc(Cl)cc3c2C1. The van der Waals surface area contributed by atoms with Crippen LogP contribution in [0.2, 0.25) is 10.0 Å². The molecule has 1 aliphatic carbocycles. The Balaban J connectivity index is 1.47. The standard InChI is InChI=1S/C35H42Cl2N6O5/c1-6-19(3)28(41-34(46)47-18-22-11-9-8-10-12-22)31(44)42-35(33(45)40-29(20(4)7-2)32-38-21(5)43-48-32)14-13-27-25(17-35)24-15-23(36)16-26(37)30(24)39-27/h8-12,15-16,19-20,28-29,39H,6-7,13-14,17-18H2,1-5H3,(H,40,45)(H,41,46)(H,42,44)/t19?,20?,28?,29?,35-/m0/s1. The minimum atomic E-state index is -1.41. The number of aromatic amines is 1. The van der Waals surface area contributed by atoms with Crippen LogP contribution in [0.4, 0.5) is 4.79 Å². The number of amides is 3. The van der Waals surface area contributed by atoms with E-state index in [-0.39, 0.29) is 31.3 Å². The van der Waals surface area contributed by atoms with Gasteiger partial charge in [0.15, 0.2) is 5.82 Å². The molecular weight excluding hydrogens is 655 g/mol. The number of hydrogen-bond acceptors (Lipinski definition) is 7. The van der Waals surface area contributed by atoms with Crippen molar-refractivity contribution >= 4 is 52.0 Å². The number of rotatable bonds is 12. The van der Waals surface area contributed by atoms with Crippen molar-refractivity contribution < 1.29 is 23.6 Å². The first-order valence-electron chi connectivity index (χ1n) is 16.3. The maximum absolute atomic E-state index is 14.6. The van der Waals surface area contributed by atoms with Gasteiger partial charge in [-0.2, -0.15) is 4.98 Å². The van der Waals surface area contributed by atoms with Gasteiger partial charge in [-0.15, -0.1) is 0 Å². The number of nitrogens with zero attached hydrogens (tertiary/aromatic N) is 2. The molecule has 4 unspecified atom stereocenters. The highest BCUT2D eigenvalue weighted by atomic mass is 35.5. The summed E-state index contributed by atoms with van der Waals surface area (Å²) in [6, 6.07) is 11.2. The van der Waals surface area contributed by atoms with E-state index in [2.05, 4.69) is 31.1 Å². The van der Waals surface area contributed by atoms with Crippen molar-refractivity contribution in [3.05, 3.63) is 81.0 Å². The first kappa shape index (κ1) is 35.2. The summed E-state index contributed by atoms with van der Waals surface area (Å²) >= 11 is 13.0. The summed E-state index contributed by atoms with van der Waals surface area (Å²) in [5, 5.41) is 14.6. The smallest absolute Gasteiger partial charge is 0.408 e. The molecule has 2 aromatic heterocycles. The third-order valence-corrected chi connectivity index (χ3v) is 9.90. The van der Waals surface area contributed by atoms with E-state index in [1.165, 1.54) is 0 Å². The summed E-state index contributed by atoms with van der Waals surface area (Å²) in [6.45, 7) is 9.56. The van der Waals surface area contributed by atoms with Gasteiger partial charge in [-0.25, -0.2) is 4.79 Å². The number of aromatic nitrogens is 3. The average Bonchev–Trinajstić information content (AvgIpc) is 3.67. The van der Waals surface area contributed by atoms with Crippen molar-refractivity contribution in [3.63, 3.8) is 0 Å². The fourth-order valence-electron chi connectivity index (χ4n) is 6.14. The maximum Gasteiger partial charge on any atom is 0.408 e. The minimum Gasteiger partial charge on any atom is -0.445 e.